The van der Waals surface area contributed by atoms with Crippen LogP contribution in [0.1, 0.15) is 41.5 Å². The van der Waals surface area contributed by atoms with Crippen LogP contribution in [0.3, 0.4) is 0 Å². The van der Waals surface area contributed by atoms with Crippen molar-refractivity contribution in [2.45, 2.75) is 38.6 Å². The van der Waals surface area contributed by atoms with Gasteiger partial charge in [0, 0.05) is 26.7 Å². The van der Waals surface area contributed by atoms with Crippen LogP contribution in [0.2, 0.25) is 0 Å². The molecule has 90 valence electrons. The van der Waals surface area contributed by atoms with Gasteiger partial charge in [0.05, 0.1) is 0 Å². The van der Waals surface area contributed by atoms with Gasteiger partial charge in [-0.3, -0.25) is 4.79 Å². The summed E-state index contributed by atoms with van der Waals surface area (Å²) < 4.78 is 1.09. The summed E-state index contributed by atoms with van der Waals surface area (Å²) >= 11 is 5.23. The molecular formula is C11H17BrN2OS. The first kappa shape index (κ1) is 13.7. The molecule has 16 heavy (non-hydrogen) atoms. The van der Waals surface area contributed by atoms with E-state index >= 15 is 0 Å². The molecule has 0 saturated carbocycles. The molecule has 1 rings (SSSR count). The molecule has 0 spiro atoms. The Hall–Kier alpha value is -0.390. The van der Waals surface area contributed by atoms with E-state index in [1.165, 1.54) is 9.75 Å². The van der Waals surface area contributed by atoms with Crippen molar-refractivity contribution in [3.05, 3.63) is 20.3 Å². The smallest absolute Gasteiger partial charge is 0.217 e. The predicted octanol–water partition coefficient (Wildman–Crippen LogP) is 2.86. The summed E-state index contributed by atoms with van der Waals surface area (Å²) in [6, 6.07) is 2.14. The number of aryl methyl sites for hydroxylation is 1. The maximum atomic E-state index is 10.6. The van der Waals surface area contributed by atoms with Crippen LogP contribution < -0.4 is 11.5 Å². The number of hydrogen-bond acceptors (Lipinski definition) is 3. The van der Waals surface area contributed by atoms with Crippen LogP contribution >= 0.6 is 27.3 Å². The average molecular weight is 305 g/mol. The lowest BCUT2D eigenvalue weighted by Gasteiger charge is -2.09. The summed E-state index contributed by atoms with van der Waals surface area (Å²) in [6.07, 6.45) is 3.11. The van der Waals surface area contributed by atoms with E-state index in [9.17, 15) is 4.79 Å². The molecule has 1 amide bonds. The third-order valence-electron chi connectivity index (χ3n) is 2.36. The molecule has 1 heterocycles. The van der Waals surface area contributed by atoms with Gasteiger partial charge in [-0.2, -0.15) is 0 Å². The van der Waals surface area contributed by atoms with Gasteiger partial charge < -0.3 is 11.5 Å². The van der Waals surface area contributed by atoms with Gasteiger partial charge in [-0.1, -0.05) is 6.42 Å². The van der Waals surface area contributed by atoms with E-state index in [0.29, 0.717) is 6.42 Å². The van der Waals surface area contributed by atoms with Crippen LogP contribution in [0.25, 0.3) is 0 Å². The number of nitrogens with two attached hydrogens (primary N) is 2. The van der Waals surface area contributed by atoms with Crippen molar-refractivity contribution in [2.24, 2.45) is 11.5 Å². The lowest BCUT2D eigenvalue weighted by Crippen LogP contribution is -2.11. The fourth-order valence-electron chi connectivity index (χ4n) is 1.55. The van der Waals surface area contributed by atoms with Gasteiger partial charge in [-0.15, -0.1) is 11.3 Å². The first-order valence-electron chi connectivity index (χ1n) is 5.30. The summed E-state index contributed by atoms with van der Waals surface area (Å²) in [4.78, 5) is 13.0. The maximum absolute atomic E-state index is 10.6. The lowest BCUT2D eigenvalue weighted by atomic mass is 10.1. The number of carbonyl (C=O) groups excluding carboxylic acids is 1. The molecule has 0 bridgehead atoms. The van der Waals surface area contributed by atoms with Crippen LogP contribution in [0.5, 0.6) is 0 Å². The van der Waals surface area contributed by atoms with Crippen LogP contribution in [0, 0.1) is 6.92 Å². The average Bonchev–Trinajstić information content (AvgIpc) is 2.52. The second-order valence-corrected chi connectivity index (χ2v) is 6.03. The standard InChI is InChI=1S/C11H17BrN2OS/c1-7-6-8(12)11(16-7)9(13)4-2-3-5-10(14)15/h6,9H,2-5,13H2,1H3,(H2,14,15). The number of unbranched alkanes of at least 4 members (excludes halogenated alkanes) is 1. The molecule has 3 nitrogen and oxygen atoms in total. The van der Waals surface area contributed by atoms with Crippen LogP contribution in [0.4, 0.5) is 0 Å². The van der Waals surface area contributed by atoms with Gasteiger partial charge >= 0.3 is 0 Å². The first-order valence-corrected chi connectivity index (χ1v) is 6.91. The number of thiophene rings is 1. The Bertz CT molecular complexity index is 365. The Labute approximate surface area is 108 Å². The number of primary amides is 1. The van der Waals surface area contributed by atoms with E-state index in [1.807, 2.05) is 0 Å². The summed E-state index contributed by atoms with van der Waals surface area (Å²) in [5, 5.41) is 0. The van der Waals surface area contributed by atoms with E-state index < -0.39 is 0 Å². The van der Waals surface area contributed by atoms with Crippen molar-refractivity contribution in [1.82, 2.24) is 0 Å². The van der Waals surface area contributed by atoms with E-state index in [2.05, 4.69) is 28.9 Å². The summed E-state index contributed by atoms with van der Waals surface area (Å²) in [6.45, 7) is 2.07. The molecule has 0 saturated heterocycles. The van der Waals surface area contributed by atoms with Crippen molar-refractivity contribution < 1.29 is 4.79 Å². The molecule has 0 radical (unpaired) electrons. The first-order chi connectivity index (χ1) is 7.50. The van der Waals surface area contributed by atoms with Gasteiger partial charge in [-0.25, -0.2) is 0 Å². The second kappa shape index (κ2) is 6.37. The molecule has 4 N–H and O–H groups in total. The fraction of sp³-hybridized carbons (Fsp3) is 0.545. The largest absolute Gasteiger partial charge is 0.370 e. The Kier molecular flexibility index (Phi) is 5.44. The SMILES string of the molecule is Cc1cc(Br)c(C(N)CCCCC(N)=O)s1. The minimum absolute atomic E-state index is 0.0564. The zero-order valence-corrected chi connectivity index (χ0v) is 11.7. The van der Waals surface area contributed by atoms with Crippen molar-refractivity contribution in [3.8, 4) is 0 Å². The highest BCUT2D eigenvalue weighted by Gasteiger charge is 2.12. The molecule has 5 heteroatoms. The van der Waals surface area contributed by atoms with Crippen molar-refractivity contribution in [2.75, 3.05) is 0 Å². The quantitative estimate of drug-likeness (QED) is 0.793. The van der Waals surface area contributed by atoms with Crippen molar-refractivity contribution >= 4 is 33.2 Å². The van der Waals surface area contributed by atoms with Crippen molar-refractivity contribution in [1.29, 1.82) is 0 Å². The number of carbonyl (C=O) groups is 1. The second-order valence-electron chi connectivity index (χ2n) is 3.89. The number of halogens is 1. The monoisotopic (exact) mass is 304 g/mol. The molecule has 0 aromatic carbocycles. The van der Waals surface area contributed by atoms with Gasteiger partial charge in [0.25, 0.3) is 0 Å². The topological polar surface area (TPSA) is 69.1 Å². The minimum atomic E-state index is -0.235. The van der Waals surface area contributed by atoms with Gasteiger partial charge in [0.2, 0.25) is 5.91 Å². The highest BCUT2D eigenvalue weighted by Crippen LogP contribution is 2.33. The zero-order chi connectivity index (χ0) is 12.1. The number of amides is 1. The molecular weight excluding hydrogens is 288 g/mol. The van der Waals surface area contributed by atoms with E-state index in [0.717, 1.165) is 23.7 Å². The molecule has 1 atom stereocenters. The Morgan fingerprint density at radius 3 is 2.75 bits per heavy atom. The Morgan fingerprint density at radius 1 is 1.56 bits per heavy atom. The Morgan fingerprint density at radius 2 is 2.25 bits per heavy atom. The molecule has 1 aromatic rings. The third-order valence-corrected chi connectivity index (χ3v) is 4.46. The highest BCUT2D eigenvalue weighted by atomic mass is 79.9. The summed E-state index contributed by atoms with van der Waals surface area (Å²) in [5.41, 5.74) is 11.2. The van der Waals surface area contributed by atoms with E-state index in [4.69, 9.17) is 11.5 Å². The molecule has 0 aliphatic rings. The molecule has 1 unspecified atom stereocenters. The Balaban J connectivity index is 2.38. The fourth-order valence-corrected chi connectivity index (χ4v) is 3.53. The molecule has 1 aromatic heterocycles. The van der Waals surface area contributed by atoms with Crippen LogP contribution in [-0.2, 0) is 4.79 Å². The molecule has 0 fully saturated rings. The predicted molar refractivity (Wildman–Crippen MR) is 71.3 cm³/mol. The van der Waals surface area contributed by atoms with E-state index in [1.54, 1.807) is 11.3 Å². The third kappa shape index (κ3) is 4.23. The summed E-state index contributed by atoms with van der Waals surface area (Å²) in [5.74, 6) is -0.235. The highest BCUT2D eigenvalue weighted by molar-refractivity contribution is 9.10. The maximum Gasteiger partial charge on any atom is 0.217 e. The van der Waals surface area contributed by atoms with Crippen molar-refractivity contribution in [3.63, 3.8) is 0 Å². The normalized spacial score (nSPS) is 12.7. The number of hydrogen-bond donors (Lipinski definition) is 2. The van der Waals surface area contributed by atoms with Crippen LogP contribution in [-0.4, -0.2) is 5.91 Å². The molecule has 0 aliphatic carbocycles. The molecule has 0 aliphatic heterocycles. The van der Waals surface area contributed by atoms with Gasteiger partial charge in [-0.05, 0) is 41.8 Å². The zero-order valence-electron chi connectivity index (χ0n) is 9.33. The van der Waals surface area contributed by atoms with Gasteiger partial charge in [0.1, 0.15) is 0 Å². The summed E-state index contributed by atoms with van der Waals surface area (Å²) in [7, 11) is 0. The van der Waals surface area contributed by atoms with Crippen LogP contribution in [0.15, 0.2) is 10.5 Å². The minimum Gasteiger partial charge on any atom is -0.370 e. The van der Waals surface area contributed by atoms with Gasteiger partial charge in [0.15, 0.2) is 0 Å². The number of rotatable bonds is 6. The van der Waals surface area contributed by atoms with E-state index in [-0.39, 0.29) is 11.9 Å². The lowest BCUT2D eigenvalue weighted by molar-refractivity contribution is -0.118.